The van der Waals surface area contributed by atoms with Crippen molar-refractivity contribution in [3.63, 3.8) is 0 Å². The summed E-state index contributed by atoms with van der Waals surface area (Å²) < 4.78 is 16.8. The molecule has 3 rings (SSSR count). The number of ether oxygens (including phenoxy) is 3. The number of rotatable bonds is 11. The van der Waals surface area contributed by atoms with E-state index in [2.05, 4.69) is 15.8 Å². The van der Waals surface area contributed by atoms with Crippen molar-refractivity contribution in [3.8, 4) is 5.75 Å². The molecular formula is C26H39N3O7. The molecule has 1 amide bonds. The van der Waals surface area contributed by atoms with Gasteiger partial charge in [-0.05, 0) is 77.1 Å². The maximum absolute atomic E-state index is 13.3. The van der Waals surface area contributed by atoms with Crippen LogP contribution >= 0.6 is 0 Å². The highest BCUT2D eigenvalue weighted by molar-refractivity contribution is 6.00. The second-order valence-corrected chi connectivity index (χ2v) is 10.4. The molecule has 1 aromatic carbocycles. The summed E-state index contributed by atoms with van der Waals surface area (Å²) in [6, 6.07) is 7.20. The summed E-state index contributed by atoms with van der Waals surface area (Å²) >= 11 is 0. The van der Waals surface area contributed by atoms with Gasteiger partial charge in [0.15, 0.2) is 5.54 Å². The van der Waals surface area contributed by atoms with E-state index in [1.165, 1.54) is 0 Å². The van der Waals surface area contributed by atoms with Crippen LogP contribution in [-0.2, 0) is 19.1 Å². The summed E-state index contributed by atoms with van der Waals surface area (Å²) in [5.41, 5.74) is 4.63. The first-order valence-corrected chi connectivity index (χ1v) is 12.6. The number of hydrogen-bond acceptors (Lipinski definition) is 9. The molecule has 1 atom stereocenters. The van der Waals surface area contributed by atoms with Crippen molar-refractivity contribution in [2.24, 2.45) is 4.99 Å². The van der Waals surface area contributed by atoms with Gasteiger partial charge in [-0.25, -0.2) is 10.4 Å². The normalized spacial score (nSPS) is 24.0. The number of nitrogens with zero attached hydrogens (tertiary/aromatic N) is 1. The standard InChI is InChI=1S/C26H39N3O7/c1-25(2,3)36-22(32)13-14-26(24(33)29-28-19-7-9-20(31)10-8-19)17-35-23(27-26)18-5-11-21(12-6-18)34-16-4-15-30/h5-6,11-12,19-20,28,30-31H,4,7-10,13-17H2,1-3H3,(H,29,33)/t19?,20?,26-/m0/s1. The zero-order valence-corrected chi connectivity index (χ0v) is 21.4. The lowest BCUT2D eigenvalue weighted by atomic mass is 9.93. The number of aliphatic hydroxyl groups excluding tert-OH is 2. The lowest BCUT2D eigenvalue weighted by Crippen LogP contribution is -2.55. The van der Waals surface area contributed by atoms with E-state index in [9.17, 15) is 14.7 Å². The van der Waals surface area contributed by atoms with Crippen molar-refractivity contribution in [3.05, 3.63) is 29.8 Å². The highest BCUT2D eigenvalue weighted by Crippen LogP contribution is 2.29. The van der Waals surface area contributed by atoms with Crippen LogP contribution in [0.4, 0.5) is 0 Å². The van der Waals surface area contributed by atoms with Crippen LogP contribution < -0.4 is 15.6 Å². The first-order chi connectivity index (χ1) is 17.1. The van der Waals surface area contributed by atoms with Gasteiger partial charge in [0, 0.05) is 31.1 Å². The molecule has 36 heavy (non-hydrogen) atoms. The third-order valence-electron chi connectivity index (χ3n) is 6.11. The van der Waals surface area contributed by atoms with Crippen molar-refractivity contribution >= 4 is 17.8 Å². The largest absolute Gasteiger partial charge is 0.494 e. The number of aliphatic imine (C=N–C) groups is 1. The van der Waals surface area contributed by atoms with E-state index in [4.69, 9.17) is 19.3 Å². The molecule has 0 radical (unpaired) electrons. The summed E-state index contributed by atoms with van der Waals surface area (Å²) in [5.74, 6) is 0.187. The molecule has 1 aliphatic carbocycles. The molecule has 0 spiro atoms. The molecule has 10 nitrogen and oxygen atoms in total. The van der Waals surface area contributed by atoms with Crippen LogP contribution in [0.2, 0.25) is 0 Å². The molecule has 0 saturated heterocycles. The molecular weight excluding hydrogens is 466 g/mol. The Bertz CT molecular complexity index is 905. The second-order valence-electron chi connectivity index (χ2n) is 10.4. The van der Waals surface area contributed by atoms with E-state index < -0.39 is 17.1 Å². The molecule has 1 aromatic rings. The fraction of sp³-hybridized carbons (Fsp3) is 0.654. The number of carbonyl (C=O) groups is 2. The number of amides is 1. The van der Waals surface area contributed by atoms with Gasteiger partial charge in [0.25, 0.3) is 5.91 Å². The third-order valence-corrected chi connectivity index (χ3v) is 6.11. The maximum Gasteiger partial charge on any atom is 0.306 e. The Morgan fingerprint density at radius 3 is 2.50 bits per heavy atom. The highest BCUT2D eigenvalue weighted by atomic mass is 16.6. The summed E-state index contributed by atoms with van der Waals surface area (Å²) in [6.45, 7) is 5.86. The molecule has 0 bridgehead atoms. The average molecular weight is 506 g/mol. The van der Waals surface area contributed by atoms with Crippen molar-refractivity contribution in [1.82, 2.24) is 10.9 Å². The predicted molar refractivity (Wildman–Crippen MR) is 133 cm³/mol. The second kappa shape index (κ2) is 12.5. The molecule has 4 N–H and O–H groups in total. The lowest BCUT2D eigenvalue weighted by Gasteiger charge is -2.29. The molecule has 0 unspecified atom stereocenters. The Labute approximate surface area is 212 Å². The van der Waals surface area contributed by atoms with Gasteiger partial charge in [-0.1, -0.05) is 0 Å². The number of nitrogens with one attached hydrogen (secondary N) is 2. The minimum atomic E-state index is -1.29. The van der Waals surface area contributed by atoms with Crippen molar-refractivity contribution in [2.45, 2.75) is 89.0 Å². The van der Waals surface area contributed by atoms with E-state index in [1.54, 1.807) is 45.0 Å². The van der Waals surface area contributed by atoms with Crippen LogP contribution in [0.15, 0.2) is 29.3 Å². The van der Waals surface area contributed by atoms with E-state index >= 15 is 0 Å². The SMILES string of the molecule is CC(C)(C)OC(=O)CC[C@@]1(C(=O)NNC2CCC(O)CC2)COC(c2ccc(OCCCO)cc2)=N1. The van der Waals surface area contributed by atoms with E-state index in [0.29, 0.717) is 43.1 Å². The van der Waals surface area contributed by atoms with Gasteiger partial charge in [-0.3, -0.25) is 15.0 Å². The number of hydrogen-bond donors (Lipinski definition) is 4. The molecule has 1 saturated carbocycles. The molecule has 0 aromatic heterocycles. The van der Waals surface area contributed by atoms with Crippen LogP contribution in [-0.4, -0.2) is 71.1 Å². The van der Waals surface area contributed by atoms with Crippen LogP contribution in [0.5, 0.6) is 5.75 Å². The van der Waals surface area contributed by atoms with Gasteiger partial charge in [-0.2, -0.15) is 0 Å². The quantitative estimate of drug-likeness (QED) is 0.204. The van der Waals surface area contributed by atoms with E-state index in [-0.39, 0.29) is 44.1 Å². The fourth-order valence-corrected chi connectivity index (χ4v) is 4.11. The van der Waals surface area contributed by atoms with Crippen molar-refractivity contribution < 1.29 is 34.0 Å². The van der Waals surface area contributed by atoms with Gasteiger partial charge >= 0.3 is 5.97 Å². The Hall–Kier alpha value is -2.69. The Morgan fingerprint density at radius 2 is 1.86 bits per heavy atom. The first-order valence-electron chi connectivity index (χ1n) is 12.6. The van der Waals surface area contributed by atoms with Gasteiger partial charge in [0.1, 0.15) is 18.0 Å². The fourth-order valence-electron chi connectivity index (χ4n) is 4.11. The van der Waals surface area contributed by atoms with E-state index in [1.807, 2.05) is 0 Å². The Kier molecular flexibility index (Phi) is 9.69. The monoisotopic (exact) mass is 505 g/mol. The smallest absolute Gasteiger partial charge is 0.306 e. The summed E-state index contributed by atoms with van der Waals surface area (Å²) in [6.07, 6.45) is 3.27. The number of aliphatic hydroxyl groups is 2. The van der Waals surface area contributed by atoms with Crippen molar-refractivity contribution in [1.29, 1.82) is 0 Å². The van der Waals surface area contributed by atoms with Gasteiger partial charge < -0.3 is 24.4 Å². The Morgan fingerprint density at radius 1 is 1.17 bits per heavy atom. The van der Waals surface area contributed by atoms with Crippen LogP contribution in [0.3, 0.4) is 0 Å². The molecule has 10 heteroatoms. The minimum absolute atomic E-state index is 0.00320. The van der Waals surface area contributed by atoms with Gasteiger partial charge in [-0.15, -0.1) is 0 Å². The number of esters is 1. The van der Waals surface area contributed by atoms with E-state index in [0.717, 1.165) is 12.8 Å². The Balaban J connectivity index is 1.71. The zero-order chi connectivity index (χ0) is 26.2. The predicted octanol–water partition coefficient (Wildman–Crippen LogP) is 2.01. The van der Waals surface area contributed by atoms with Gasteiger partial charge in [0.05, 0.1) is 12.7 Å². The lowest BCUT2D eigenvalue weighted by molar-refractivity contribution is -0.155. The zero-order valence-electron chi connectivity index (χ0n) is 21.4. The topological polar surface area (TPSA) is 139 Å². The number of hydrazine groups is 1. The molecule has 1 aliphatic heterocycles. The first kappa shape index (κ1) is 27.9. The van der Waals surface area contributed by atoms with Crippen LogP contribution in [0.25, 0.3) is 0 Å². The highest BCUT2D eigenvalue weighted by Gasteiger charge is 2.45. The van der Waals surface area contributed by atoms with Crippen molar-refractivity contribution in [2.75, 3.05) is 19.8 Å². The number of benzene rings is 1. The maximum atomic E-state index is 13.3. The summed E-state index contributed by atoms with van der Waals surface area (Å²) in [5, 5.41) is 18.6. The molecule has 200 valence electrons. The summed E-state index contributed by atoms with van der Waals surface area (Å²) in [4.78, 5) is 30.4. The third kappa shape index (κ3) is 8.18. The molecule has 2 aliphatic rings. The molecule has 1 fully saturated rings. The van der Waals surface area contributed by atoms with Gasteiger partial charge in [0.2, 0.25) is 5.90 Å². The minimum Gasteiger partial charge on any atom is -0.494 e. The van der Waals surface area contributed by atoms with Crippen LogP contribution in [0, 0.1) is 0 Å². The van der Waals surface area contributed by atoms with Crippen LogP contribution in [0.1, 0.15) is 71.3 Å². The molecule has 1 heterocycles. The average Bonchev–Trinajstić information content (AvgIpc) is 3.28. The number of carbonyl (C=O) groups excluding carboxylic acids is 2. The summed E-state index contributed by atoms with van der Waals surface area (Å²) in [7, 11) is 0.